The molecule has 2 saturated carbocycles. The lowest BCUT2D eigenvalue weighted by molar-refractivity contribution is -0.186. The molecule has 186 valence electrons. The number of hydrogen-bond acceptors (Lipinski definition) is 6. The van der Waals surface area contributed by atoms with E-state index >= 15 is 0 Å². The number of carbonyl (C=O) groups excluding carboxylic acids is 1. The van der Waals surface area contributed by atoms with Gasteiger partial charge in [-0.05, 0) is 45.1 Å². The predicted molar refractivity (Wildman–Crippen MR) is 118 cm³/mol. The van der Waals surface area contributed by atoms with E-state index in [-0.39, 0.29) is 36.5 Å². The molecule has 6 atom stereocenters. The Kier molecular flexibility index (Phi) is 7.47. The highest BCUT2D eigenvalue weighted by Gasteiger charge is 2.51. The molecule has 0 aromatic heterocycles. The number of halogens is 4. The summed E-state index contributed by atoms with van der Waals surface area (Å²) in [6.07, 6.45) is -2.36. The second-order valence-electron chi connectivity index (χ2n) is 10.2. The zero-order valence-electron chi connectivity index (χ0n) is 19.0. The minimum atomic E-state index is -4.29. The highest BCUT2D eigenvalue weighted by atomic mass is 35.5. The Bertz CT molecular complexity index is 749. The number of rotatable bonds is 5. The van der Waals surface area contributed by atoms with Crippen molar-refractivity contribution in [2.75, 3.05) is 46.3 Å². The first-order valence-corrected chi connectivity index (χ1v) is 12.4. The molecule has 3 N–H and O–H groups in total. The van der Waals surface area contributed by atoms with Crippen LogP contribution in [0.25, 0.3) is 0 Å². The number of likely N-dealkylation sites (N-methyl/N-ethyl adjacent to an activating group) is 1. The van der Waals surface area contributed by atoms with Gasteiger partial charge in [-0.1, -0.05) is 0 Å². The third-order valence-corrected chi connectivity index (χ3v) is 8.47. The van der Waals surface area contributed by atoms with Crippen LogP contribution in [0.15, 0.2) is 0 Å². The van der Waals surface area contributed by atoms with Crippen molar-refractivity contribution in [1.82, 2.24) is 25.8 Å². The van der Waals surface area contributed by atoms with Crippen molar-refractivity contribution >= 4 is 17.5 Å². The van der Waals surface area contributed by atoms with Gasteiger partial charge in [-0.2, -0.15) is 18.4 Å². The Morgan fingerprint density at radius 2 is 1.94 bits per heavy atom. The summed E-state index contributed by atoms with van der Waals surface area (Å²) in [6.45, 7) is 4.55. The molecule has 2 aliphatic carbocycles. The summed E-state index contributed by atoms with van der Waals surface area (Å²) in [5.74, 6) is -1.81. The Balaban J connectivity index is 1.42. The van der Waals surface area contributed by atoms with Crippen molar-refractivity contribution in [2.45, 2.75) is 56.0 Å². The van der Waals surface area contributed by atoms with Crippen LogP contribution in [0.4, 0.5) is 13.2 Å². The molecule has 7 nitrogen and oxygen atoms in total. The van der Waals surface area contributed by atoms with Crippen molar-refractivity contribution in [3.8, 4) is 6.07 Å². The highest BCUT2D eigenvalue weighted by molar-refractivity contribution is 6.20. The molecule has 33 heavy (non-hydrogen) atoms. The normalized spacial score (nSPS) is 37.8. The van der Waals surface area contributed by atoms with E-state index in [1.807, 2.05) is 0 Å². The van der Waals surface area contributed by atoms with Crippen LogP contribution in [0.1, 0.15) is 32.1 Å². The van der Waals surface area contributed by atoms with E-state index in [4.69, 9.17) is 11.6 Å². The second-order valence-corrected chi connectivity index (χ2v) is 10.8. The number of nitrogens with one attached hydrogen (secondary N) is 3. The molecule has 1 amide bonds. The standard InChI is InChI=1S/C22H34ClF3N6O/c1-31-6-8-32(9-7-31)19-15(12-29-20(33)21(13-27)4-5-21)11-28-18(30-19)14-2-3-17(23)16(10-14)22(24,25)26/h14-19,28,30H,2-12H2,1H3,(H,29,33). The van der Waals surface area contributed by atoms with Crippen LogP contribution in [0.5, 0.6) is 0 Å². The smallest absolute Gasteiger partial charge is 0.354 e. The van der Waals surface area contributed by atoms with E-state index in [0.29, 0.717) is 38.8 Å². The van der Waals surface area contributed by atoms with Gasteiger partial charge in [-0.3, -0.25) is 15.0 Å². The second kappa shape index (κ2) is 9.86. The number of amides is 1. The maximum atomic E-state index is 13.5. The van der Waals surface area contributed by atoms with Gasteiger partial charge in [-0.15, -0.1) is 11.6 Å². The van der Waals surface area contributed by atoms with Crippen LogP contribution in [0.2, 0.25) is 0 Å². The molecule has 6 unspecified atom stereocenters. The van der Waals surface area contributed by atoms with Crippen LogP contribution in [-0.4, -0.2) is 85.9 Å². The van der Waals surface area contributed by atoms with E-state index in [1.54, 1.807) is 0 Å². The average molecular weight is 491 g/mol. The number of piperazine rings is 1. The van der Waals surface area contributed by atoms with Crippen LogP contribution in [-0.2, 0) is 4.79 Å². The van der Waals surface area contributed by atoms with Gasteiger partial charge in [0.15, 0.2) is 0 Å². The Labute approximate surface area is 198 Å². The first kappa shape index (κ1) is 25.0. The molecular formula is C22H34ClF3N6O. The van der Waals surface area contributed by atoms with Crippen LogP contribution >= 0.6 is 11.6 Å². The summed E-state index contributed by atoms with van der Waals surface area (Å²) < 4.78 is 40.5. The summed E-state index contributed by atoms with van der Waals surface area (Å²) in [5.41, 5.74) is -0.867. The minimum absolute atomic E-state index is 0.0177. The molecule has 0 spiro atoms. The fourth-order valence-electron chi connectivity index (χ4n) is 5.47. The van der Waals surface area contributed by atoms with Crippen molar-refractivity contribution < 1.29 is 18.0 Å². The van der Waals surface area contributed by atoms with Gasteiger partial charge >= 0.3 is 6.18 Å². The molecular weight excluding hydrogens is 457 g/mol. The van der Waals surface area contributed by atoms with E-state index in [9.17, 15) is 23.2 Å². The van der Waals surface area contributed by atoms with E-state index in [0.717, 1.165) is 26.2 Å². The van der Waals surface area contributed by atoms with Gasteiger partial charge < -0.3 is 15.5 Å². The van der Waals surface area contributed by atoms with Crippen LogP contribution in [0.3, 0.4) is 0 Å². The summed E-state index contributed by atoms with van der Waals surface area (Å²) >= 11 is 6.05. The largest absolute Gasteiger partial charge is 0.393 e. The lowest BCUT2D eigenvalue weighted by Crippen LogP contribution is -2.69. The monoisotopic (exact) mass is 490 g/mol. The number of nitriles is 1. The highest BCUT2D eigenvalue weighted by Crippen LogP contribution is 2.45. The molecule has 0 bridgehead atoms. The SMILES string of the molecule is CN1CCN(C2NC(C3CCC(Cl)C(C(F)(F)F)C3)NCC2CNC(=O)C2(C#N)CC2)CC1. The lowest BCUT2D eigenvalue weighted by atomic mass is 9.78. The van der Waals surface area contributed by atoms with Crippen molar-refractivity contribution in [1.29, 1.82) is 5.26 Å². The van der Waals surface area contributed by atoms with Gasteiger partial charge in [0.1, 0.15) is 5.41 Å². The molecule has 4 rings (SSSR count). The Hall–Kier alpha value is -1.12. The maximum Gasteiger partial charge on any atom is 0.393 e. The van der Waals surface area contributed by atoms with Gasteiger partial charge in [0.25, 0.3) is 0 Å². The van der Waals surface area contributed by atoms with E-state index in [1.165, 1.54) is 0 Å². The van der Waals surface area contributed by atoms with E-state index < -0.39 is 22.9 Å². The summed E-state index contributed by atoms with van der Waals surface area (Å²) in [5, 5.41) is 18.4. The van der Waals surface area contributed by atoms with Crippen molar-refractivity contribution in [2.24, 2.45) is 23.2 Å². The number of nitrogens with zero attached hydrogens (tertiary/aromatic N) is 3. The van der Waals surface area contributed by atoms with Crippen LogP contribution < -0.4 is 16.0 Å². The summed E-state index contributed by atoms with van der Waals surface area (Å²) in [4.78, 5) is 17.1. The Morgan fingerprint density at radius 3 is 2.55 bits per heavy atom. The summed E-state index contributed by atoms with van der Waals surface area (Å²) in [7, 11) is 2.08. The fraction of sp³-hybridized carbons (Fsp3) is 0.909. The molecule has 0 aromatic carbocycles. The lowest BCUT2D eigenvalue weighted by Gasteiger charge is -2.49. The van der Waals surface area contributed by atoms with Gasteiger partial charge in [0.05, 0.1) is 24.3 Å². The number of alkyl halides is 4. The molecule has 11 heteroatoms. The molecule has 2 heterocycles. The quantitative estimate of drug-likeness (QED) is 0.509. The third-order valence-electron chi connectivity index (χ3n) is 7.95. The number of hydrogen-bond donors (Lipinski definition) is 3. The predicted octanol–water partition coefficient (Wildman–Crippen LogP) is 1.70. The van der Waals surface area contributed by atoms with Crippen molar-refractivity contribution in [3.05, 3.63) is 0 Å². The maximum absolute atomic E-state index is 13.5. The first-order chi connectivity index (χ1) is 15.6. The van der Waals surface area contributed by atoms with Crippen LogP contribution in [0, 0.1) is 34.5 Å². The average Bonchev–Trinajstić information content (AvgIpc) is 3.59. The molecule has 4 fully saturated rings. The Morgan fingerprint density at radius 1 is 1.24 bits per heavy atom. The minimum Gasteiger partial charge on any atom is -0.354 e. The van der Waals surface area contributed by atoms with Gasteiger partial charge in [0, 0.05) is 50.6 Å². The molecule has 4 aliphatic rings. The fourth-order valence-corrected chi connectivity index (χ4v) is 5.85. The molecule has 2 saturated heterocycles. The third kappa shape index (κ3) is 5.59. The number of carbonyl (C=O) groups is 1. The van der Waals surface area contributed by atoms with Gasteiger partial charge in [-0.25, -0.2) is 0 Å². The zero-order chi connectivity index (χ0) is 23.8. The molecule has 0 radical (unpaired) electrons. The zero-order valence-corrected chi connectivity index (χ0v) is 19.8. The van der Waals surface area contributed by atoms with Crippen molar-refractivity contribution in [3.63, 3.8) is 0 Å². The topological polar surface area (TPSA) is 83.4 Å². The summed E-state index contributed by atoms with van der Waals surface area (Å²) in [6, 6.07) is 2.13. The van der Waals surface area contributed by atoms with E-state index in [2.05, 4.69) is 38.9 Å². The van der Waals surface area contributed by atoms with Gasteiger partial charge in [0.2, 0.25) is 5.91 Å². The molecule has 2 aliphatic heterocycles. The first-order valence-electron chi connectivity index (χ1n) is 12.0. The molecule has 0 aromatic rings.